The van der Waals surface area contributed by atoms with Crippen LogP contribution in [0.25, 0.3) is 11.0 Å². The Balaban J connectivity index is 1.24. The normalized spacial score (nSPS) is 14.9. The second kappa shape index (κ2) is 7.94. The summed E-state index contributed by atoms with van der Waals surface area (Å²) < 4.78 is 0. The number of hydrogen-bond acceptors (Lipinski definition) is 6. The lowest BCUT2D eigenvalue weighted by Gasteiger charge is -2.31. The van der Waals surface area contributed by atoms with Crippen LogP contribution >= 0.6 is 0 Å². The van der Waals surface area contributed by atoms with E-state index in [-0.39, 0.29) is 5.91 Å². The Labute approximate surface area is 173 Å². The van der Waals surface area contributed by atoms with E-state index in [0.29, 0.717) is 31.2 Å². The number of aromatic nitrogens is 6. The van der Waals surface area contributed by atoms with Gasteiger partial charge in [0, 0.05) is 43.3 Å². The number of piperidine rings is 1. The van der Waals surface area contributed by atoms with Crippen LogP contribution in [0, 0.1) is 0 Å². The Morgan fingerprint density at radius 2 is 2.03 bits per heavy atom. The van der Waals surface area contributed by atoms with Crippen LogP contribution in [-0.4, -0.2) is 54.0 Å². The molecule has 5 rings (SSSR count). The van der Waals surface area contributed by atoms with Crippen LogP contribution in [0.15, 0.2) is 48.9 Å². The topological polar surface area (TPSA) is 115 Å². The number of likely N-dealkylation sites (tertiary alicyclic amines) is 1. The molecule has 0 aromatic carbocycles. The van der Waals surface area contributed by atoms with Crippen molar-refractivity contribution in [3.63, 3.8) is 0 Å². The van der Waals surface area contributed by atoms with Gasteiger partial charge in [0.1, 0.15) is 11.5 Å². The molecule has 4 aromatic rings. The number of fused-ring (bicyclic) bond motifs is 1. The molecular formula is C21H22N8O. The molecule has 9 nitrogen and oxygen atoms in total. The SMILES string of the molecule is O=C(c1ccccn1)N1CCC(c2ccc3c(NCc4ncc[nH]4)n[nH]c3n2)CC1. The van der Waals surface area contributed by atoms with E-state index in [1.54, 1.807) is 24.7 Å². The minimum atomic E-state index is -0.00157. The fourth-order valence-electron chi connectivity index (χ4n) is 3.87. The van der Waals surface area contributed by atoms with Crippen molar-refractivity contribution in [3.8, 4) is 0 Å². The molecule has 0 saturated carbocycles. The summed E-state index contributed by atoms with van der Waals surface area (Å²) in [7, 11) is 0. The van der Waals surface area contributed by atoms with E-state index in [2.05, 4.69) is 42.6 Å². The molecule has 0 unspecified atom stereocenters. The highest BCUT2D eigenvalue weighted by molar-refractivity contribution is 5.92. The summed E-state index contributed by atoms with van der Waals surface area (Å²) in [6.45, 7) is 1.98. The van der Waals surface area contributed by atoms with Gasteiger partial charge in [0.15, 0.2) is 11.5 Å². The molecule has 0 spiro atoms. The van der Waals surface area contributed by atoms with Crippen LogP contribution < -0.4 is 5.32 Å². The zero-order chi connectivity index (χ0) is 20.3. The lowest BCUT2D eigenvalue weighted by atomic mass is 9.92. The van der Waals surface area contributed by atoms with Crippen molar-refractivity contribution >= 4 is 22.8 Å². The fraction of sp³-hybridized carbons (Fsp3) is 0.286. The molecular weight excluding hydrogens is 380 g/mol. The van der Waals surface area contributed by atoms with Crippen molar-refractivity contribution in [1.29, 1.82) is 0 Å². The van der Waals surface area contributed by atoms with Crippen molar-refractivity contribution in [3.05, 3.63) is 66.1 Å². The summed E-state index contributed by atoms with van der Waals surface area (Å²) in [6.07, 6.45) is 6.94. The first-order valence-corrected chi connectivity index (χ1v) is 10.1. The van der Waals surface area contributed by atoms with E-state index in [9.17, 15) is 4.79 Å². The molecule has 152 valence electrons. The van der Waals surface area contributed by atoms with Gasteiger partial charge in [0.2, 0.25) is 0 Å². The third-order valence-electron chi connectivity index (χ3n) is 5.51. The molecule has 0 atom stereocenters. The van der Waals surface area contributed by atoms with E-state index >= 15 is 0 Å². The van der Waals surface area contributed by atoms with Gasteiger partial charge < -0.3 is 15.2 Å². The highest BCUT2D eigenvalue weighted by Crippen LogP contribution is 2.29. The minimum absolute atomic E-state index is 0.00157. The number of amides is 1. The van der Waals surface area contributed by atoms with Gasteiger partial charge in [-0.2, -0.15) is 5.10 Å². The van der Waals surface area contributed by atoms with Gasteiger partial charge in [-0.1, -0.05) is 6.07 Å². The number of rotatable bonds is 5. The fourth-order valence-corrected chi connectivity index (χ4v) is 3.87. The average Bonchev–Trinajstić information content (AvgIpc) is 3.47. The average molecular weight is 402 g/mol. The number of aromatic amines is 2. The molecule has 0 radical (unpaired) electrons. The summed E-state index contributed by atoms with van der Waals surface area (Å²) >= 11 is 0. The molecule has 5 heterocycles. The first-order valence-electron chi connectivity index (χ1n) is 10.1. The van der Waals surface area contributed by atoms with E-state index < -0.39 is 0 Å². The van der Waals surface area contributed by atoms with Crippen LogP contribution in [0.2, 0.25) is 0 Å². The second-order valence-electron chi connectivity index (χ2n) is 7.38. The van der Waals surface area contributed by atoms with Crippen LogP contribution in [0.4, 0.5) is 5.82 Å². The quantitative estimate of drug-likeness (QED) is 0.473. The van der Waals surface area contributed by atoms with Gasteiger partial charge in [-0.15, -0.1) is 0 Å². The maximum absolute atomic E-state index is 12.6. The van der Waals surface area contributed by atoms with Crippen molar-refractivity contribution in [1.82, 2.24) is 35.0 Å². The number of hydrogen-bond donors (Lipinski definition) is 3. The Bertz CT molecular complexity index is 1130. The molecule has 0 aliphatic carbocycles. The van der Waals surface area contributed by atoms with Gasteiger partial charge in [0.05, 0.1) is 11.9 Å². The van der Waals surface area contributed by atoms with Crippen LogP contribution in [0.1, 0.15) is 40.8 Å². The van der Waals surface area contributed by atoms with Crippen molar-refractivity contribution in [2.45, 2.75) is 25.3 Å². The van der Waals surface area contributed by atoms with Gasteiger partial charge in [0.25, 0.3) is 5.91 Å². The Hall–Kier alpha value is -3.75. The highest BCUT2D eigenvalue weighted by atomic mass is 16.2. The van der Waals surface area contributed by atoms with Gasteiger partial charge in [-0.25, -0.2) is 9.97 Å². The molecule has 3 N–H and O–H groups in total. The number of H-pyrrole nitrogens is 2. The van der Waals surface area contributed by atoms with Crippen molar-refractivity contribution in [2.24, 2.45) is 0 Å². The highest BCUT2D eigenvalue weighted by Gasteiger charge is 2.26. The lowest BCUT2D eigenvalue weighted by Crippen LogP contribution is -2.38. The molecule has 30 heavy (non-hydrogen) atoms. The number of nitrogens with one attached hydrogen (secondary N) is 3. The predicted molar refractivity (Wildman–Crippen MR) is 112 cm³/mol. The van der Waals surface area contributed by atoms with Gasteiger partial charge >= 0.3 is 0 Å². The molecule has 4 aromatic heterocycles. The molecule has 0 bridgehead atoms. The standard InChI is InChI=1S/C21H22N8O/c30-21(17-3-1-2-8-22-17)29-11-6-14(7-12-29)16-5-4-15-19(27-28-20(15)26-16)25-13-18-23-9-10-24-18/h1-5,8-10,14H,6-7,11-13H2,(H,23,24)(H2,25,26,27,28). The number of carbonyl (C=O) groups is 1. The van der Waals surface area contributed by atoms with E-state index in [4.69, 9.17) is 4.98 Å². The second-order valence-corrected chi connectivity index (χ2v) is 7.38. The molecule has 1 fully saturated rings. The summed E-state index contributed by atoms with van der Waals surface area (Å²) in [5.74, 6) is 1.93. The summed E-state index contributed by atoms with van der Waals surface area (Å²) in [5, 5.41) is 11.6. The maximum Gasteiger partial charge on any atom is 0.272 e. The van der Waals surface area contributed by atoms with E-state index in [1.165, 1.54) is 0 Å². The number of anilines is 1. The van der Waals surface area contributed by atoms with E-state index in [0.717, 1.165) is 41.2 Å². The third-order valence-corrected chi connectivity index (χ3v) is 5.51. The smallest absolute Gasteiger partial charge is 0.272 e. The Morgan fingerprint density at radius 3 is 2.80 bits per heavy atom. The summed E-state index contributed by atoms with van der Waals surface area (Å²) in [4.78, 5) is 30.7. The zero-order valence-electron chi connectivity index (χ0n) is 16.4. The largest absolute Gasteiger partial charge is 0.361 e. The molecule has 1 aliphatic heterocycles. The molecule has 1 amide bonds. The maximum atomic E-state index is 12.6. The lowest BCUT2D eigenvalue weighted by molar-refractivity contribution is 0.0706. The monoisotopic (exact) mass is 402 g/mol. The Morgan fingerprint density at radius 1 is 1.13 bits per heavy atom. The van der Waals surface area contributed by atoms with Gasteiger partial charge in [-0.3, -0.25) is 14.9 Å². The van der Waals surface area contributed by atoms with Crippen molar-refractivity contribution in [2.75, 3.05) is 18.4 Å². The third kappa shape index (κ3) is 3.61. The van der Waals surface area contributed by atoms with Crippen LogP contribution in [-0.2, 0) is 6.54 Å². The molecule has 1 aliphatic rings. The number of imidazole rings is 1. The predicted octanol–water partition coefficient (Wildman–Crippen LogP) is 2.71. The Kier molecular flexibility index (Phi) is 4.84. The zero-order valence-corrected chi connectivity index (χ0v) is 16.4. The number of carbonyl (C=O) groups excluding carboxylic acids is 1. The first-order chi connectivity index (χ1) is 14.8. The van der Waals surface area contributed by atoms with Crippen molar-refractivity contribution < 1.29 is 4.79 Å². The molecule has 9 heteroatoms. The summed E-state index contributed by atoms with van der Waals surface area (Å²) in [5.41, 5.74) is 2.30. The summed E-state index contributed by atoms with van der Waals surface area (Å²) in [6, 6.07) is 9.54. The van der Waals surface area contributed by atoms with Crippen LogP contribution in [0.3, 0.4) is 0 Å². The minimum Gasteiger partial charge on any atom is -0.361 e. The first kappa shape index (κ1) is 18.3. The van der Waals surface area contributed by atoms with E-state index in [1.807, 2.05) is 17.0 Å². The van der Waals surface area contributed by atoms with Crippen LogP contribution in [0.5, 0.6) is 0 Å². The molecule has 1 saturated heterocycles. The number of pyridine rings is 2. The number of nitrogens with zero attached hydrogens (tertiary/aromatic N) is 5. The van der Waals surface area contributed by atoms with Gasteiger partial charge in [-0.05, 0) is 37.1 Å².